The summed E-state index contributed by atoms with van der Waals surface area (Å²) in [5.41, 5.74) is 7.39. The van der Waals surface area contributed by atoms with Gasteiger partial charge >= 0.3 is 0 Å². The number of imide groups is 1. The fraction of sp³-hybridized carbons (Fsp3) is 0.353. The molecule has 3 rings (SSSR count). The Morgan fingerprint density at radius 1 is 1.38 bits per heavy atom. The van der Waals surface area contributed by atoms with Gasteiger partial charge in [-0.25, -0.2) is 0 Å². The summed E-state index contributed by atoms with van der Waals surface area (Å²) in [5, 5.41) is 1.85. The summed E-state index contributed by atoms with van der Waals surface area (Å²) < 4.78 is 0. The van der Waals surface area contributed by atoms with Crippen LogP contribution in [0.25, 0.3) is 6.08 Å². The Kier molecular flexibility index (Phi) is 6.33. The quantitative estimate of drug-likeness (QED) is 0.751. The average Bonchev–Trinajstić information content (AvgIpc) is 3.14. The molecule has 2 aliphatic heterocycles. The van der Waals surface area contributed by atoms with E-state index in [4.69, 9.17) is 5.73 Å². The Bertz CT molecular complexity index is 781. The van der Waals surface area contributed by atoms with E-state index in [2.05, 4.69) is 29.2 Å². The van der Waals surface area contributed by atoms with Crippen LogP contribution in [-0.2, 0) is 4.79 Å². The van der Waals surface area contributed by atoms with Gasteiger partial charge in [-0.3, -0.25) is 19.7 Å². The summed E-state index contributed by atoms with van der Waals surface area (Å²) in [4.78, 5) is 39.5. The van der Waals surface area contributed by atoms with Crippen molar-refractivity contribution in [1.29, 1.82) is 0 Å². The van der Waals surface area contributed by atoms with E-state index < -0.39 is 17.1 Å². The largest absolute Gasteiger partial charge is 0.369 e. The summed E-state index contributed by atoms with van der Waals surface area (Å²) in [7, 11) is 4.11. The summed E-state index contributed by atoms with van der Waals surface area (Å²) in [6, 6.07) is 5.66. The molecular formula is C17H21ClN4O3S. The van der Waals surface area contributed by atoms with Gasteiger partial charge < -0.3 is 15.5 Å². The zero-order valence-corrected chi connectivity index (χ0v) is 16.2. The van der Waals surface area contributed by atoms with Gasteiger partial charge in [0.1, 0.15) is 0 Å². The highest BCUT2D eigenvalue weighted by atomic mass is 35.5. The second-order valence-electron chi connectivity index (χ2n) is 6.34. The van der Waals surface area contributed by atoms with E-state index >= 15 is 0 Å². The molecule has 26 heavy (non-hydrogen) atoms. The fourth-order valence-electron chi connectivity index (χ4n) is 3.06. The SMILES string of the molecule is CN(C)C1CCN(c2ccc(C(N)=O)cc2/C=C2/SC(=O)NC2=O)C1.Cl. The number of hydrogen-bond acceptors (Lipinski definition) is 6. The highest BCUT2D eigenvalue weighted by Gasteiger charge is 2.28. The van der Waals surface area contributed by atoms with Crippen LogP contribution in [0.4, 0.5) is 10.5 Å². The molecule has 0 saturated carbocycles. The monoisotopic (exact) mass is 396 g/mol. The molecule has 0 radical (unpaired) electrons. The third kappa shape index (κ3) is 4.20. The van der Waals surface area contributed by atoms with Crippen molar-refractivity contribution >= 4 is 53.0 Å². The third-order valence-electron chi connectivity index (χ3n) is 4.48. The number of carbonyl (C=O) groups is 3. The van der Waals surface area contributed by atoms with Gasteiger partial charge in [-0.15, -0.1) is 12.4 Å². The second-order valence-corrected chi connectivity index (χ2v) is 7.36. The van der Waals surface area contributed by atoms with E-state index in [9.17, 15) is 14.4 Å². The molecule has 140 valence electrons. The Morgan fingerprint density at radius 2 is 2.12 bits per heavy atom. The zero-order valence-electron chi connectivity index (χ0n) is 14.5. The minimum atomic E-state index is -0.529. The number of nitrogens with one attached hydrogen (secondary N) is 1. The van der Waals surface area contributed by atoms with E-state index in [1.165, 1.54) is 0 Å². The first kappa shape index (κ1) is 20.3. The number of likely N-dealkylation sites (N-methyl/N-ethyl adjacent to an activating group) is 1. The van der Waals surface area contributed by atoms with E-state index in [1.54, 1.807) is 18.2 Å². The van der Waals surface area contributed by atoms with Crippen molar-refractivity contribution in [2.45, 2.75) is 12.5 Å². The van der Waals surface area contributed by atoms with Crippen LogP contribution in [0.15, 0.2) is 23.1 Å². The Morgan fingerprint density at radius 3 is 2.65 bits per heavy atom. The molecule has 1 atom stereocenters. The van der Waals surface area contributed by atoms with Crippen molar-refractivity contribution in [1.82, 2.24) is 10.2 Å². The molecule has 0 aliphatic carbocycles. The molecule has 0 aromatic heterocycles. The number of hydrogen-bond donors (Lipinski definition) is 2. The van der Waals surface area contributed by atoms with Gasteiger partial charge in [-0.05, 0) is 62.1 Å². The van der Waals surface area contributed by atoms with Crippen LogP contribution >= 0.6 is 24.2 Å². The molecule has 0 spiro atoms. The lowest BCUT2D eigenvalue weighted by Crippen LogP contribution is -2.31. The molecule has 1 aromatic carbocycles. The number of carbonyl (C=O) groups excluding carboxylic acids is 3. The molecular weight excluding hydrogens is 376 g/mol. The summed E-state index contributed by atoms with van der Waals surface area (Å²) >= 11 is 0.858. The molecule has 2 fully saturated rings. The molecule has 2 saturated heterocycles. The van der Waals surface area contributed by atoms with Gasteiger partial charge in [0.25, 0.3) is 11.1 Å². The maximum atomic E-state index is 11.8. The van der Waals surface area contributed by atoms with E-state index in [0.717, 1.165) is 37.0 Å². The van der Waals surface area contributed by atoms with Crippen LogP contribution in [-0.4, -0.2) is 55.2 Å². The van der Waals surface area contributed by atoms with Gasteiger partial charge in [0, 0.05) is 30.4 Å². The highest BCUT2D eigenvalue weighted by Crippen LogP contribution is 2.32. The predicted molar refractivity (Wildman–Crippen MR) is 106 cm³/mol. The molecule has 0 bridgehead atoms. The van der Waals surface area contributed by atoms with Gasteiger partial charge in [0.15, 0.2) is 0 Å². The van der Waals surface area contributed by atoms with Crippen LogP contribution in [0.3, 0.4) is 0 Å². The first-order chi connectivity index (χ1) is 11.8. The highest BCUT2D eigenvalue weighted by molar-refractivity contribution is 8.18. The number of primary amides is 1. The van der Waals surface area contributed by atoms with E-state index in [0.29, 0.717) is 22.1 Å². The first-order valence-electron chi connectivity index (χ1n) is 7.95. The predicted octanol–water partition coefficient (Wildman–Crippen LogP) is 1.67. The summed E-state index contributed by atoms with van der Waals surface area (Å²) in [6.07, 6.45) is 2.68. The Balaban J connectivity index is 0.00000243. The maximum absolute atomic E-state index is 11.8. The van der Waals surface area contributed by atoms with Crippen molar-refractivity contribution in [3.05, 3.63) is 34.2 Å². The lowest BCUT2D eigenvalue weighted by Gasteiger charge is -2.23. The molecule has 2 aliphatic rings. The van der Waals surface area contributed by atoms with Gasteiger partial charge in [0.2, 0.25) is 5.91 Å². The number of thioether (sulfide) groups is 1. The van der Waals surface area contributed by atoms with E-state index in [-0.39, 0.29) is 12.4 Å². The zero-order chi connectivity index (χ0) is 18.1. The van der Waals surface area contributed by atoms with Crippen molar-refractivity contribution < 1.29 is 14.4 Å². The number of nitrogens with two attached hydrogens (primary N) is 1. The number of benzene rings is 1. The number of amides is 3. The van der Waals surface area contributed by atoms with Gasteiger partial charge in [0.05, 0.1) is 4.91 Å². The molecule has 1 unspecified atom stereocenters. The van der Waals surface area contributed by atoms with Crippen molar-refractivity contribution in [2.24, 2.45) is 5.73 Å². The minimum absolute atomic E-state index is 0. The Labute approximate surface area is 162 Å². The first-order valence-corrected chi connectivity index (χ1v) is 8.77. The van der Waals surface area contributed by atoms with Crippen molar-refractivity contribution in [2.75, 3.05) is 32.1 Å². The molecule has 1 aromatic rings. The topological polar surface area (TPSA) is 95.7 Å². The minimum Gasteiger partial charge on any atom is -0.369 e. The second kappa shape index (κ2) is 8.11. The number of rotatable bonds is 4. The molecule has 2 heterocycles. The fourth-order valence-corrected chi connectivity index (χ4v) is 3.73. The van der Waals surface area contributed by atoms with Gasteiger partial charge in [-0.1, -0.05) is 0 Å². The lowest BCUT2D eigenvalue weighted by molar-refractivity contribution is -0.115. The van der Waals surface area contributed by atoms with Crippen LogP contribution in [0.1, 0.15) is 22.3 Å². The number of anilines is 1. The molecule has 3 N–H and O–H groups in total. The smallest absolute Gasteiger partial charge is 0.290 e. The van der Waals surface area contributed by atoms with Crippen molar-refractivity contribution in [3.63, 3.8) is 0 Å². The maximum Gasteiger partial charge on any atom is 0.290 e. The van der Waals surface area contributed by atoms with Crippen LogP contribution < -0.4 is 16.0 Å². The summed E-state index contributed by atoms with van der Waals surface area (Å²) in [6.45, 7) is 1.74. The van der Waals surface area contributed by atoms with Crippen LogP contribution in [0, 0.1) is 0 Å². The van der Waals surface area contributed by atoms with Gasteiger partial charge in [-0.2, -0.15) is 0 Å². The van der Waals surface area contributed by atoms with Crippen LogP contribution in [0.5, 0.6) is 0 Å². The Hall–Kier alpha value is -2.03. The standard InChI is InChI=1S/C17H20N4O3S.ClH/c1-20(2)12-5-6-21(9-12)13-4-3-10(15(18)22)7-11(13)8-14-16(23)19-17(24)25-14;/h3-4,7-8,12H,5-6,9H2,1-2H3,(H2,18,22)(H,19,23,24);1H/b14-8+;. The molecule has 9 heteroatoms. The number of halogens is 1. The van der Waals surface area contributed by atoms with E-state index in [1.807, 2.05) is 6.07 Å². The normalized spacial score (nSPS) is 21.3. The average molecular weight is 397 g/mol. The molecule has 3 amide bonds. The van der Waals surface area contributed by atoms with Crippen molar-refractivity contribution in [3.8, 4) is 0 Å². The third-order valence-corrected chi connectivity index (χ3v) is 5.29. The lowest BCUT2D eigenvalue weighted by atomic mass is 10.1. The molecule has 7 nitrogen and oxygen atoms in total. The van der Waals surface area contributed by atoms with Crippen LogP contribution in [0.2, 0.25) is 0 Å². The summed E-state index contributed by atoms with van der Waals surface area (Å²) in [5.74, 6) is -0.948. The number of nitrogens with zero attached hydrogens (tertiary/aromatic N) is 2.